The van der Waals surface area contributed by atoms with E-state index in [0.29, 0.717) is 28.0 Å². The summed E-state index contributed by atoms with van der Waals surface area (Å²) in [5.74, 6) is -1.55. The first kappa shape index (κ1) is 21.2. The fourth-order valence-corrected chi connectivity index (χ4v) is 3.90. The molecule has 1 amide bonds. The summed E-state index contributed by atoms with van der Waals surface area (Å²) in [6.07, 6.45) is 3.12. The zero-order chi connectivity index (χ0) is 22.8. The molecule has 1 unspecified atom stereocenters. The standard InChI is InChI=1S/C25H21FN2O4/c1-15-13-19(32-2)7-8-20(15)23(29)21-22(17-9-11-27-12-10-17)28(25(31)24(21)30)14-16-3-5-18(26)6-4-16/h3-13,22,29H,14H2,1-2H3/b23-21-. The molecule has 7 heteroatoms. The van der Waals surface area contributed by atoms with Crippen molar-refractivity contribution in [2.75, 3.05) is 7.11 Å². The Morgan fingerprint density at radius 2 is 1.78 bits per heavy atom. The summed E-state index contributed by atoms with van der Waals surface area (Å²) in [6, 6.07) is 13.4. The van der Waals surface area contributed by atoms with E-state index in [1.165, 1.54) is 17.0 Å². The quantitative estimate of drug-likeness (QED) is 0.372. The van der Waals surface area contributed by atoms with Crippen LogP contribution in [0.3, 0.4) is 0 Å². The van der Waals surface area contributed by atoms with Crippen molar-refractivity contribution < 1.29 is 23.8 Å². The van der Waals surface area contributed by atoms with Crippen LogP contribution >= 0.6 is 0 Å². The Labute approximate surface area is 184 Å². The summed E-state index contributed by atoms with van der Waals surface area (Å²) in [4.78, 5) is 31.5. The molecule has 1 N–H and O–H groups in total. The van der Waals surface area contributed by atoms with Crippen molar-refractivity contribution in [3.8, 4) is 5.75 Å². The normalized spacial score (nSPS) is 17.6. The van der Waals surface area contributed by atoms with Gasteiger partial charge >= 0.3 is 0 Å². The Kier molecular flexibility index (Phi) is 5.73. The Hall–Kier alpha value is -4.00. The highest BCUT2D eigenvalue weighted by molar-refractivity contribution is 6.46. The number of ketones is 1. The molecule has 1 atom stereocenters. The summed E-state index contributed by atoms with van der Waals surface area (Å²) in [7, 11) is 1.54. The number of carbonyl (C=O) groups excluding carboxylic acids is 2. The molecule has 32 heavy (non-hydrogen) atoms. The second-order valence-corrected chi connectivity index (χ2v) is 7.51. The number of aromatic nitrogens is 1. The molecule has 162 valence electrons. The van der Waals surface area contributed by atoms with Gasteiger partial charge in [-0.25, -0.2) is 4.39 Å². The van der Waals surface area contributed by atoms with Crippen LogP contribution in [0.4, 0.5) is 4.39 Å². The molecule has 0 saturated carbocycles. The summed E-state index contributed by atoms with van der Waals surface area (Å²) < 4.78 is 18.6. The molecule has 1 fully saturated rings. The largest absolute Gasteiger partial charge is 0.507 e. The molecular weight excluding hydrogens is 411 g/mol. The Bertz CT molecular complexity index is 1210. The molecule has 0 spiro atoms. The van der Waals surface area contributed by atoms with Crippen LogP contribution in [-0.2, 0) is 16.1 Å². The molecule has 2 heterocycles. The summed E-state index contributed by atoms with van der Waals surface area (Å²) in [6.45, 7) is 1.86. The van der Waals surface area contributed by atoms with Gasteiger partial charge in [-0.05, 0) is 66.1 Å². The number of pyridine rings is 1. The number of carbonyl (C=O) groups is 2. The molecular formula is C25H21FN2O4. The van der Waals surface area contributed by atoms with Crippen molar-refractivity contribution in [2.24, 2.45) is 0 Å². The Morgan fingerprint density at radius 1 is 1.09 bits per heavy atom. The fourth-order valence-electron chi connectivity index (χ4n) is 3.90. The van der Waals surface area contributed by atoms with Gasteiger partial charge in [0.05, 0.1) is 18.7 Å². The van der Waals surface area contributed by atoms with Gasteiger partial charge in [0.15, 0.2) is 0 Å². The van der Waals surface area contributed by atoms with Crippen LogP contribution in [0.2, 0.25) is 0 Å². The van der Waals surface area contributed by atoms with Crippen LogP contribution in [0.25, 0.3) is 5.76 Å². The molecule has 1 aromatic heterocycles. The Morgan fingerprint density at radius 3 is 2.41 bits per heavy atom. The number of halogens is 1. The first-order chi connectivity index (χ1) is 15.4. The molecule has 1 aliphatic heterocycles. The molecule has 0 bridgehead atoms. The van der Waals surface area contributed by atoms with Gasteiger partial charge < -0.3 is 14.7 Å². The number of benzene rings is 2. The maximum atomic E-state index is 13.3. The number of nitrogens with zero attached hydrogens (tertiary/aromatic N) is 2. The fraction of sp³-hybridized carbons (Fsp3) is 0.160. The molecule has 2 aromatic carbocycles. The number of rotatable bonds is 5. The number of hydrogen-bond acceptors (Lipinski definition) is 5. The van der Waals surface area contributed by atoms with E-state index in [1.54, 1.807) is 68.9 Å². The summed E-state index contributed by atoms with van der Waals surface area (Å²) in [5.41, 5.74) is 2.42. The Balaban J connectivity index is 1.85. The number of amides is 1. The minimum absolute atomic E-state index is 0.00317. The van der Waals surface area contributed by atoms with Crippen LogP contribution in [0.5, 0.6) is 5.75 Å². The molecule has 4 rings (SSSR count). The van der Waals surface area contributed by atoms with Gasteiger partial charge in [-0.3, -0.25) is 14.6 Å². The lowest BCUT2D eigenvalue weighted by Gasteiger charge is -2.25. The van der Waals surface area contributed by atoms with E-state index in [-0.39, 0.29) is 17.9 Å². The van der Waals surface area contributed by atoms with Crippen LogP contribution in [0.1, 0.15) is 28.3 Å². The number of likely N-dealkylation sites (tertiary alicyclic amines) is 1. The maximum Gasteiger partial charge on any atom is 0.295 e. The molecule has 1 aliphatic rings. The van der Waals surface area contributed by atoms with Gasteiger partial charge in [-0.1, -0.05) is 12.1 Å². The van der Waals surface area contributed by atoms with Gasteiger partial charge in [0.1, 0.15) is 17.3 Å². The number of aryl methyl sites for hydroxylation is 1. The van der Waals surface area contributed by atoms with Gasteiger partial charge in [-0.15, -0.1) is 0 Å². The number of aliphatic hydroxyl groups excluding tert-OH is 1. The lowest BCUT2D eigenvalue weighted by Crippen LogP contribution is -2.29. The van der Waals surface area contributed by atoms with Gasteiger partial charge in [0.25, 0.3) is 11.7 Å². The maximum absolute atomic E-state index is 13.3. The van der Waals surface area contributed by atoms with Crippen molar-refractivity contribution in [3.63, 3.8) is 0 Å². The number of methoxy groups -OCH3 is 1. The second kappa shape index (κ2) is 8.63. The van der Waals surface area contributed by atoms with Crippen molar-refractivity contribution in [2.45, 2.75) is 19.5 Å². The molecule has 0 aliphatic carbocycles. The number of aliphatic hydroxyl groups is 1. The van der Waals surface area contributed by atoms with Gasteiger partial charge in [0, 0.05) is 24.5 Å². The lowest BCUT2D eigenvalue weighted by molar-refractivity contribution is -0.140. The van der Waals surface area contributed by atoms with E-state index in [4.69, 9.17) is 4.74 Å². The smallest absolute Gasteiger partial charge is 0.295 e. The first-order valence-corrected chi connectivity index (χ1v) is 9.98. The van der Waals surface area contributed by atoms with Crippen LogP contribution in [-0.4, -0.2) is 33.8 Å². The predicted octanol–water partition coefficient (Wildman–Crippen LogP) is 4.16. The van der Waals surface area contributed by atoms with E-state index in [1.807, 2.05) is 0 Å². The average molecular weight is 432 g/mol. The van der Waals surface area contributed by atoms with Crippen molar-refractivity contribution >= 4 is 17.4 Å². The zero-order valence-electron chi connectivity index (χ0n) is 17.6. The predicted molar refractivity (Wildman–Crippen MR) is 116 cm³/mol. The van der Waals surface area contributed by atoms with E-state index < -0.39 is 23.5 Å². The van der Waals surface area contributed by atoms with E-state index in [0.717, 1.165) is 0 Å². The third-order valence-electron chi connectivity index (χ3n) is 5.52. The second-order valence-electron chi connectivity index (χ2n) is 7.51. The van der Waals surface area contributed by atoms with Crippen molar-refractivity contribution in [1.82, 2.24) is 9.88 Å². The number of hydrogen-bond donors (Lipinski definition) is 1. The lowest BCUT2D eigenvalue weighted by atomic mass is 9.94. The van der Waals surface area contributed by atoms with Gasteiger partial charge in [0.2, 0.25) is 0 Å². The van der Waals surface area contributed by atoms with Crippen LogP contribution in [0.15, 0.2) is 72.6 Å². The van der Waals surface area contributed by atoms with Crippen LogP contribution < -0.4 is 4.74 Å². The average Bonchev–Trinajstić information content (AvgIpc) is 3.05. The molecule has 1 saturated heterocycles. The highest BCUT2D eigenvalue weighted by atomic mass is 19.1. The highest BCUT2D eigenvalue weighted by Crippen LogP contribution is 2.40. The summed E-state index contributed by atoms with van der Waals surface area (Å²) >= 11 is 0. The number of Topliss-reactive ketones (excluding diaryl/α,β-unsaturated/α-hetero) is 1. The molecule has 6 nitrogen and oxygen atoms in total. The van der Waals surface area contributed by atoms with Crippen LogP contribution in [0, 0.1) is 12.7 Å². The number of ether oxygens (including phenoxy) is 1. The topological polar surface area (TPSA) is 79.7 Å². The third kappa shape index (κ3) is 3.85. The molecule has 0 radical (unpaired) electrons. The van der Waals surface area contributed by atoms with E-state index in [9.17, 15) is 19.1 Å². The first-order valence-electron chi connectivity index (χ1n) is 9.98. The molecule has 3 aromatic rings. The van der Waals surface area contributed by atoms with Gasteiger partial charge in [-0.2, -0.15) is 0 Å². The van der Waals surface area contributed by atoms with E-state index >= 15 is 0 Å². The van der Waals surface area contributed by atoms with E-state index in [2.05, 4.69) is 4.98 Å². The SMILES string of the molecule is COc1ccc(/C(O)=C2/C(=O)C(=O)N(Cc3ccc(F)cc3)C2c2ccncc2)c(C)c1. The van der Waals surface area contributed by atoms with Crippen molar-refractivity contribution in [1.29, 1.82) is 0 Å². The highest BCUT2D eigenvalue weighted by Gasteiger charge is 2.46. The minimum atomic E-state index is -0.815. The third-order valence-corrected chi connectivity index (χ3v) is 5.52. The minimum Gasteiger partial charge on any atom is -0.507 e. The van der Waals surface area contributed by atoms with Crippen molar-refractivity contribution in [3.05, 3.63) is 101 Å². The zero-order valence-corrected chi connectivity index (χ0v) is 17.6. The monoisotopic (exact) mass is 432 g/mol. The summed E-state index contributed by atoms with van der Waals surface area (Å²) in [5, 5.41) is 11.2.